The van der Waals surface area contributed by atoms with Gasteiger partial charge in [-0.3, -0.25) is 14.8 Å². The van der Waals surface area contributed by atoms with E-state index in [-0.39, 0.29) is 0 Å². The Balaban J connectivity index is 1.33. The molecule has 2 fully saturated rings. The molecule has 0 spiro atoms. The Morgan fingerprint density at radius 2 is 1.96 bits per heavy atom. The highest BCUT2D eigenvalue weighted by Gasteiger charge is 2.35. The molecule has 4 heteroatoms. The zero-order valence-electron chi connectivity index (χ0n) is 16.6. The molecule has 4 nitrogen and oxygen atoms in total. The number of likely N-dealkylation sites (tertiary alicyclic amines) is 2. The molecule has 0 amide bonds. The molecule has 0 saturated carbocycles. The number of nitrogens with zero attached hydrogens (tertiary/aromatic N) is 3. The molecule has 2 aromatic rings. The van der Waals surface area contributed by atoms with Gasteiger partial charge in [0.1, 0.15) is 0 Å². The minimum Gasteiger partial charge on any atom is -0.312 e. The SMILES string of the molecule is C[C@@H]1CN(Cc2ccccc2)C[C@@H]1NC[C@@H]1CCN(C)[C@H]1c1cccnc1. The number of rotatable bonds is 6. The lowest BCUT2D eigenvalue weighted by Crippen LogP contribution is -2.39. The summed E-state index contributed by atoms with van der Waals surface area (Å²) in [4.78, 5) is 9.43. The standard InChI is InChI=1S/C23H32N4/c1-18-15-27(16-19-7-4-3-5-8-19)17-22(18)25-14-21-10-12-26(2)23(21)20-9-6-11-24-13-20/h3-9,11,13,18,21-23,25H,10,12,14-17H2,1-2H3/t18-,21+,22+,23+/m1/s1. The summed E-state index contributed by atoms with van der Waals surface area (Å²) in [6.07, 6.45) is 5.17. The molecule has 0 bridgehead atoms. The van der Waals surface area contributed by atoms with Crippen molar-refractivity contribution in [3.63, 3.8) is 0 Å². The number of benzene rings is 1. The highest BCUT2D eigenvalue weighted by Crippen LogP contribution is 2.35. The quantitative estimate of drug-likeness (QED) is 0.853. The highest BCUT2D eigenvalue weighted by atomic mass is 15.2. The molecule has 2 aliphatic heterocycles. The first-order valence-corrected chi connectivity index (χ1v) is 10.3. The van der Waals surface area contributed by atoms with E-state index in [0.717, 1.165) is 19.6 Å². The molecule has 0 radical (unpaired) electrons. The Kier molecular flexibility index (Phi) is 5.86. The van der Waals surface area contributed by atoms with Crippen LogP contribution in [-0.4, -0.2) is 54.1 Å². The maximum Gasteiger partial charge on any atom is 0.0401 e. The predicted octanol–water partition coefficient (Wildman–Crippen LogP) is 3.18. The van der Waals surface area contributed by atoms with E-state index in [1.807, 2.05) is 12.4 Å². The second-order valence-corrected chi connectivity index (χ2v) is 8.43. The normalized spacial score (nSPS) is 29.4. The minimum atomic E-state index is 0.489. The van der Waals surface area contributed by atoms with Gasteiger partial charge in [-0.1, -0.05) is 43.3 Å². The van der Waals surface area contributed by atoms with E-state index in [4.69, 9.17) is 0 Å². The number of aromatic nitrogens is 1. The van der Waals surface area contributed by atoms with Crippen molar-refractivity contribution in [1.82, 2.24) is 20.1 Å². The van der Waals surface area contributed by atoms with E-state index in [0.29, 0.717) is 23.9 Å². The van der Waals surface area contributed by atoms with E-state index >= 15 is 0 Å². The minimum absolute atomic E-state index is 0.489. The Labute approximate surface area is 163 Å². The molecule has 2 aliphatic rings. The van der Waals surface area contributed by atoms with Gasteiger partial charge in [0.05, 0.1) is 0 Å². The number of hydrogen-bond donors (Lipinski definition) is 1. The molecule has 1 aromatic carbocycles. The third-order valence-corrected chi connectivity index (χ3v) is 6.38. The monoisotopic (exact) mass is 364 g/mol. The molecule has 4 rings (SSSR count). The van der Waals surface area contributed by atoms with E-state index < -0.39 is 0 Å². The summed E-state index contributed by atoms with van der Waals surface area (Å²) in [6, 6.07) is 16.2. The lowest BCUT2D eigenvalue weighted by Gasteiger charge is -2.27. The van der Waals surface area contributed by atoms with Gasteiger partial charge < -0.3 is 5.32 Å². The summed E-state index contributed by atoms with van der Waals surface area (Å²) >= 11 is 0. The van der Waals surface area contributed by atoms with Crippen LogP contribution in [0.3, 0.4) is 0 Å². The third kappa shape index (κ3) is 4.40. The second kappa shape index (κ2) is 8.51. The molecule has 2 saturated heterocycles. The number of nitrogens with one attached hydrogen (secondary N) is 1. The zero-order chi connectivity index (χ0) is 18.6. The fourth-order valence-electron chi connectivity index (χ4n) is 4.92. The van der Waals surface area contributed by atoms with Gasteiger partial charge in [-0.25, -0.2) is 0 Å². The average molecular weight is 365 g/mol. The van der Waals surface area contributed by atoms with Crippen molar-refractivity contribution in [3.8, 4) is 0 Å². The first kappa shape index (κ1) is 18.6. The summed E-state index contributed by atoms with van der Waals surface area (Å²) in [7, 11) is 2.25. The van der Waals surface area contributed by atoms with Crippen molar-refractivity contribution in [2.75, 3.05) is 33.2 Å². The van der Waals surface area contributed by atoms with Crippen molar-refractivity contribution in [3.05, 3.63) is 66.0 Å². The fourth-order valence-corrected chi connectivity index (χ4v) is 4.92. The fraction of sp³-hybridized carbons (Fsp3) is 0.522. The van der Waals surface area contributed by atoms with Gasteiger partial charge in [-0.15, -0.1) is 0 Å². The molecule has 3 heterocycles. The lowest BCUT2D eigenvalue weighted by atomic mass is 9.94. The van der Waals surface area contributed by atoms with Crippen molar-refractivity contribution < 1.29 is 0 Å². The highest BCUT2D eigenvalue weighted by molar-refractivity contribution is 5.17. The molecule has 0 aliphatic carbocycles. The first-order valence-electron chi connectivity index (χ1n) is 10.3. The van der Waals surface area contributed by atoms with Gasteiger partial charge in [0.25, 0.3) is 0 Å². The van der Waals surface area contributed by atoms with Crippen LogP contribution in [0.15, 0.2) is 54.9 Å². The Morgan fingerprint density at radius 1 is 1.11 bits per heavy atom. The van der Waals surface area contributed by atoms with Crippen molar-refractivity contribution in [1.29, 1.82) is 0 Å². The molecule has 27 heavy (non-hydrogen) atoms. The molecular weight excluding hydrogens is 332 g/mol. The van der Waals surface area contributed by atoms with Gasteiger partial charge in [0, 0.05) is 50.7 Å². The topological polar surface area (TPSA) is 31.4 Å². The van der Waals surface area contributed by atoms with Gasteiger partial charge in [0.15, 0.2) is 0 Å². The van der Waals surface area contributed by atoms with Crippen molar-refractivity contribution in [2.24, 2.45) is 11.8 Å². The van der Waals surface area contributed by atoms with Crippen LogP contribution in [0.25, 0.3) is 0 Å². The maximum absolute atomic E-state index is 4.34. The van der Waals surface area contributed by atoms with Crippen LogP contribution in [0.1, 0.15) is 30.5 Å². The van der Waals surface area contributed by atoms with Crippen LogP contribution in [0.2, 0.25) is 0 Å². The third-order valence-electron chi connectivity index (χ3n) is 6.38. The zero-order valence-corrected chi connectivity index (χ0v) is 16.6. The van der Waals surface area contributed by atoms with Crippen LogP contribution < -0.4 is 5.32 Å². The van der Waals surface area contributed by atoms with Crippen molar-refractivity contribution >= 4 is 0 Å². The molecule has 4 atom stereocenters. The van der Waals surface area contributed by atoms with Crippen LogP contribution in [0.4, 0.5) is 0 Å². The van der Waals surface area contributed by atoms with Gasteiger partial charge in [-0.05, 0) is 49.0 Å². The van der Waals surface area contributed by atoms with E-state index in [9.17, 15) is 0 Å². The summed E-state index contributed by atoms with van der Waals surface area (Å²) in [5, 5.41) is 3.92. The van der Waals surface area contributed by atoms with Gasteiger partial charge in [0.2, 0.25) is 0 Å². The second-order valence-electron chi connectivity index (χ2n) is 8.43. The summed E-state index contributed by atoms with van der Waals surface area (Å²) < 4.78 is 0. The van der Waals surface area contributed by atoms with E-state index in [1.54, 1.807) is 0 Å². The number of hydrogen-bond acceptors (Lipinski definition) is 4. The number of pyridine rings is 1. The lowest BCUT2D eigenvalue weighted by molar-refractivity contribution is 0.263. The largest absolute Gasteiger partial charge is 0.312 e. The van der Waals surface area contributed by atoms with E-state index in [2.05, 4.69) is 76.5 Å². The van der Waals surface area contributed by atoms with Crippen molar-refractivity contribution in [2.45, 2.75) is 32.0 Å². The van der Waals surface area contributed by atoms with E-state index in [1.165, 1.54) is 30.6 Å². The van der Waals surface area contributed by atoms with Crippen LogP contribution >= 0.6 is 0 Å². The van der Waals surface area contributed by atoms with Gasteiger partial charge in [-0.2, -0.15) is 0 Å². The smallest absolute Gasteiger partial charge is 0.0401 e. The van der Waals surface area contributed by atoms with Crippen LogP contribution in [0.5, 0.6) is 0 Å². The Hall–Kier alpha value is -1.75. The molecule has 1 N–H and O–H groups in total. The summed E-state index contributed by atoms with van der Waals surface area (Å²) in [6.45, 7) is 8.06. The van der Waals surface area contributed by atoms with Crippen LogP contribution in [-0.2, 0) is 6.54 Å². The molecule has 0 unspecified atom stereocenters. The van der Waals surface area contributed by atoms with Gasteiger partial charge >= 0.3 is 0 Å². The van der Waals surface area contributed by atoms with Crippen LogP contribution in [0, 0.1) is 11.8 Å². The Morgan fingerprint density at radius 3 is 2.74 bits per heavy atom. The molecular formula is C23H32N4. The molecule has 144 valence electrons. The average Bonchev–Trinajstić information content (AvgIpc) is 3.23. The summed E-state index contributed by atoms with van der Waals surface area (Å²) in [5.74, 6) is 1.36. The maximum atomic E-state index is 4.34. The summed E-state index contributed by atoms with van der Waals surface area (Å²) in [5.41, 5.74) is 2.77. The Bertz CT molecular complexity index is 705. The first-order chi connectivity index (χ1) is 13.2. The predicted molar refractivity (Wildman–Crippen MR) is 110 cm³/mol. The molecule has 1 aromatic heterocycles.